The molecule has 0 saturated carbocycles. The number of rotatable bonds is 4. The molecule has 0 radical (unpaired) electrons. The number of dihydropyridines is 1. The number of fused-ring (bicyclic) bond motifs is 1. The van der Waals surface area contributed by atoms with Crippen LogP contribution in [-0.4, -0.2) is 31.2 Å². The van der Waals surface area contributed by atoms with Crippen molar-refractivity contribution in [2.45, 2.75) is 18.1 Å². The minimum absolute atomic E-state index is 0.447. The molecule has 2 aromatic rings. The van der Waals surface area contributed by atoms with E-state index in [9.17, 15) is 0 Å². The molecule has 1 fully saturated rings. The van der Waals surface area contributed by atoms with E-state index in [1.54, 1.807) is 18.4 Å². The van der Waals surface area contributed by atoms with E-state index in [4.69, 9.17) is 15.5 Å². The monoisotopic (exact) mass is 343 g/mol. The SMILES string of the molecule is COc1ccc2nc(C3(N)C=C(NC4CCNC4)C=CN3)sc2c1. The van der Waals surface area contributed by atoms with Crippen molar-refractivity contribution >= 4 is 21.6 Å². The highest BCUT2D eigenvalue weighted by Gasteiger charge is 2.30. The van der Waals surface area contributed by atoms with Crippen LogP contribution in [0.1, 0.15) is 11.4 Å². The first-order valence-corrected chi connectivity index (χ1v) is 8.86. The molecular formula is C17H21N5OS. The molecule has 2 atom stereocenters. The maximum Gasteiger partial charge on any atom is 0.160 e. The van der Waals surface area contributed by atoms with Gasteiger partial charge in [0, 0.05) is 24.5 Å². The lowest BCUT2D eigenvalue weighted by Crippen LogP contribution is -2.49. The first kappa shape index (κ1) is 15.4. The lowest BCUT2D eigenvalue weighted by atomic mass is 10.1. The lowest BCUT2D eigenvalue weighted by Gasteiger charge is -2.29. The van der Waals surface area contributed by atoms with Gasteiger partial charge < -0.3 is 20.7 Å². The summed E-state index contributed by atoms with van der Waals surface area (Å²) >= 11 is 1.58. The fraction of sp³-hybridized carbons (Fsp3) is 0.353. The van der Waals surface area contributed by atoms with Crippen molar-refractivity contribution in [1.82, 2.24) is 20.9 Å². The normalized spacial score (nSPS) is 26.2. The van der Waals surface area contributed by atoms with E-state index in [2.05, 4.69) is 16.0 Å². The van der Waals surface area contributed by atoms with Crippen LogP contribution in [0.3, 0.4) is 0 Å². The molecule has 0 bridgehead atoms. The summed E-state index contributed by atoms with van der Waals surface area (Å²) in [5.74, 6) is 0.826. The fourth-order valence-corrected chi connectivity index (χ4v) is 4.07. The minimum Gasteiger partial charge on any atom is -0.497 e. The van der Waals surface area contributed by atoms with Gasteiger partial charge in [0.05, 0.1) is 17.3 Å². The van der Waals surface area contributed by atoms with Gasteiger partial charge in [-0.05, 0) is 43.3 Å². The molecule has 4 rings (SSSR count). The number of allylic oxidation sites excluding steroid dienone is 1. The van der Waals surface area contributed by atoms with Crippen LogP contribution < -0.4 is 26.4 Å². The Morgan fingerprint density at radius 1 is 1.46 bits per heavy atom. The second-order valence-electron chi connectivity index (χ2n) is 6.13. The molecule has 0 amide bonds. The van der Waals surface area contributed by atoms with Gasteiger partial charge in [0.15, 0.2) is 5.66 Å². The molecule has 0 aliphatic carbocycles. The van der Waals surface area contributed by atoms with Crippen molar-refractivity contribution in [2.24, 2.45) is 5.73 Å². The quantitative estimate of drug-likeness (QED) is 0.671. The van der Waals surface area contributed by atoms with E-state index >= 15 is 0 Å². The third-order valence-corrected chi connectivity index (χ3v) is 5.52. The fourth-order valence-electron chi connectivity index (χ4n) is 3.04. The summed E-state index contributed by atoms with van der Waals surface area (Å²) in [5, 5.41) is 11.0. The van der Waals surface area contributed by atoms with Crippen molar-refractivity contribution < 1.29 is 4.74 Å². The van der Waals surface area contributed by atoms with E-state index in [0.29, 0.717) is 6.04 Å². The predicted octanol–water partition coefficient (Wildman–Crippen LogP) is 1.37. The van der Waals surface area contributed by atoms with Crippen molar-refractivity contribution in [3.05, 3.63) is 47.3 Å². The average Bonchev–Trinajstić information content (AvgIpc) is 3.23. The molecule has 0 spiro atoms. The van der Waals surface area contributed by atoms with E-state index in [1.807, 2.05) is 36.6 Å². The zero-order chi connectivity index (χ0) is 16.6. The third-order valence-electron chi connectivity index (χ3n) is 4.35. The van der Waals surface area contributed by atoms with E-state index in [1.165, 1.54) is 0 Å². The van der Waals surface area contributed by atoms with Gasteiger partial charge in [-0.2, -0.15) is 0 Å². The molecule has 3 heterocycles. The van der Waals surface area contributed by atoms with Gasteiger partial charge in [-0.25, -0.2) is 4.98 Å². The Bertz CT molecular complexity index is 808. The Morgan fingerprint density at radius 2 is 2.38 bits per heavy atom. The molecule has 1 saturated heterocycles. The molecule has 1 aromatic heterocycles. The average molecular weight is 343 g/mol. The second-order valence-corrected chi connectivity index (χ2v) is 7.16. The molecular weight excluding hydrogens is 322 g/mol. The van der Waals surface area contributed by atoms with Crippen LogP contribution in [0.4, 0.5) is 0 Å². The lowest BCUT2D eigenvalue weighted by molar-refractivity contribution is 0.415. The molecule has 24 heavy (non-hydrogen) atoms. The highest BCUT2D eigenvalue weighted by Crippen LogP contribution is 2.32. The molecule has 5 N–H and O–H groups in total. The van der Waals surface area contributed by atoms with Crippen LogP contribution in [0.25, 0.3) is 10.2 Å². The smallest absolute Gasteiger partial charge is 0.160 e. The van der Waals surface area contributed by atoms with Crippen molar-refractivity contribution in [1.29, 1.82) is 0 Å². The highest BCUT2D eigenvalue weighted by molar-refractivity contribution is 7.18. The number of nitrogens with one attached hydrogen (secondary N) is 3. The molecule has 7 heteroatoms. The standard InChI is InChI=1S/C17H21N5OS/c1-23-13-2-3-14-15(8-13)24-16(22-14)17(18)9-11(5-7-20-17)21-12-4-6-19-10-12/h2-3,5,7-9,12,19-21H,4,6,10,18H2,1H3. The van der Waals surface area contributed by atoms with Crippen LogP contribution in [0.15, 0.2) is 42.2 Å². The van der Waals surface area contributed by atoms with Gasteiger partial charge >= 0.3 is 0 Å². The summed E-state index contributed by atoms with van der Waals surface area (Å²) in [6.45, 7) is 2.04. The second kappa shape index (κ2) is 6.08. The zero-order valence-electron chi connectivity index (χ0n) is 13.5. The van der Waals surface area contributed by atoms with Gasteiger partial charge in [0.25, 0.3) is 0 Å². The molecule has 2 unspecified atom stereocenters. The maximum atomic E-state index is 6.60. The van der Waals surface area contributed by atoms with Gasteiger partial charge in [0.2, 0.25) is 0 Å². The Morgan fingerprint density at radius 3 is 3.17 bits per heavy atom. The molecule has 2 aliphatic rings. The number of nitrogens with two attached hydrogens (primary N) is 1. The first-order chi connectivity index (χ1) is 11.7. The van der Waals surface area contributed by atoms with Gasteiger partial charge in [0.1, 0.15) is 10.8 Å². The first-order valence-electron chi connectivity index (χ1n) is 8.04. The molecule has 2 aliphatic heterocycles. The summed E-state index contributed by atoms with van der Waals surface area (Å²) in [7, 11) is 1.67. The summed E-state index contributed by atoms with van der Waals surface area (Å²) in [6.07, 6.45) is 7.04. The largest absolute Gasteiger partial charge is 0.497 e. The third kappa shape index (κ3) is 2.86. The number of aromatic nitrogens is 1. The minimum atomic E-state index is -0.806. The molecule has 1 aromatic carbocycles. The Hall–Kier alpha value is -2.09. The van der Waals surface area contributed by atoms with Gasteiger partial charge in [-0.15, -0.1) is 11.3 Å². The van der Waals surface area contributed by atoms with Crippen LogP contribution in [0.2, 0.25) is 0 Å². The number of methoxy groups -OCH3 is 1. The van der Waals surface area contributed by atoms with E-state index in [0.717, 1.165) is 46.2 Å². The van der Waals surface area contributed by atoms with Crippen molar-refractivity contribution in [3.8, 4) is 5.75 Å². The van der Waals surface area contributed by atoms with E-state index < -0.39 is 5.66 Å². The van der Waals surface area contributed by atoms with Crippen LogP contribution >= 0.6 is 11.3 Å². The Balaban J connectivity index is 1.63. The van der Waals surface area contributed by atoms with Crippen LogP contribution in [-0.2, 0) is 5.66 Å². The molecule has 6 nitrogen and oxygen atoms in total. The summed E-state index contributed by atoms with van der Waals surface area (Å²) < 4.78 is 6.35. The summed E-state index contributed by atoms with van der Waals surface area (Å²) in [5.41, 5.74) is 7.76. The number of hydrogen-bond donors (Lipinski definition) is 4. The zero-order valence-corrected chi connectivity index (χ0v) is 14.3. The predicted molar refractivity (Wildman–Crippen MR) is 96.8 cm³/mol. The number of benzene rings is 1. The van der Waals surface area contributed by atoms with Crippen molar-refractivity contribution in [3.63, 3.8) is 0 Å². The van der Waals surface area contributed by atoms with Crippen LogP contribution in [0, 0.1) is 0 Å². The Labute approximate surface area is 144 Å². The number of thiazole rings is 1. The Kier molecular flexibility index (Phi) is 3.91. The number of nitrogens with zero attached hydrogens (tertiary/aromatic N) is 1. The number of ether oxygens (including phenoxy) is 1. The number of hydrogen-bond acceptors (Lipinski definition) is 7. The summed E-state index contributed by atoms with van der Waals surface area (Å²) in [6, 6.07) is 6.32. The van der Waals surface area contributed by atoms with Gasteiger partial charge in [-0.1, -0.05) is 0 Å². The van der Waals surface area contributed by atoms with E-state index in [-0.39, 0.29) is 0 Å². The van der Waals surface area contributed by atoms with Crippen molar-refractivity contribution in [2.75, 3.05) is 20.2 Å². The topological polar surface area (TPSA) is 84.2 Å². The summed E-state index contributed by atoms with van der Waals surface area (Å²) in [4.78, 5) is 4.71. The highest BCUT2D eigenvalue weighted by atomic mass is 32.1. The van der Waals surface area contributed by atoms with Crippen LogP contribution in [0.5, 0.6) is 5.75 Å². The van der Waals surface area contributed by atoms with Gasteiger partial charge in [-0.3, -0.25) is 5.73 Å². The maximum absolute atomic E-state index is 6.60. The molecule has 126 valence electrons.